The highest BCUT2D eigenvalue weighted by molar-refractivity contribution is 7.15. The van der Waals surface area contributed by atoms with Gasteiger partial charge in [-0.05, 0) is 51.2 Å². The fraction of sp³-hybridized carbons (Fsp3) is 0.450. The first-order chi connectivity index (χ1) is 13.2. The van der Waals surface area contributed by atoms with Gasteiger partial charge in [0.25, 0.3) is 5.91 Å². The first-order valence-electron chi connectivity index (χ1n) is 9.46. The van der Waals surface area contributed by atoms with Gasteiger partial charge in [-0.15, -0.1) is 11.3 Å². The van der Waals surface area contributed by atoms with Gasteiger partial charge in [0, 0.05) is 17.8 Å². The standard InChI is InChI=1S/C20H25N3O3S/c1-2-26-16-10-5-3-8-14(16)19(25)21-13-7-12-18(24)23-20-22-15-9-4-6-11-17(15)27-20/h3,5,8,10H,2,4,6-7,9,11-13H2,1H3,(H,21,25)(H,22,23,24). The number of amides is 2. The molecular formula is C20H25N3O3S. The molecule has 1 aromatic carbocycles. The van der Waals surface area contributed by atoms with Crippen LogP contribution in [0, 0.1) is 0 Å². The maximum atomic E-state index is 12.3. The minimum Gasteiger partial charge on any atom is -0.493 e. The first-order valence-corrected chi connectivity index (χ1v) is 10.3. The molecule has 0 atom stereocenters. The van der Waals surface area contributed by atoms with Crippen LogP contribution in [0.25, 0.3) is 0 Å². The normalized spacial score (nSPS) is 12.9. The van der Waals surface area contributed by atoms with Crippen LogP contribution in [0.5, 0.6) is 5.75 Å². The number of ether oxygens (including phenoxy) is 1. The number of hydrogen-bond acceptors (Lipinski definition) is 5. The number of nitrogens with one attached hydrogen (secondary N) is 2. The molecule has 2 amide bonds. The third kappa shape index (κ3) is 5.29. The molecule has 1 aliphatic carbocycles. The summed E-state index contributed by atoms with van der Waals surface area (Å²) >= 11 is 1.58. The van der Waals surface area contributed by atoms with Crippen molar-refractivity contribution in [3.63, 3.8) is 0 Å². The molecule has 0 fully saturated rings. The van der Waals surface area contributed by atoms with E-state index in [1.165, 1.54) is 17.7 Å². The van der Waals surface area contributed by atoms with E-state index in [1.54, 1.807) is 29.5 Å². The topological polar surface area (TPSA) is 80.3 Å². The number of fused-ring (bicyclic) bond motifs is 1. The van der Waals surface area contributed by atoms with Crippen molar-refractivity contribution >= 4 is 28.3 Å². The molecule has 2 N–H and O–H groups in total. The zero-order valence-corrected chi connectivity index (χ0v) is 16.4. The van der Waals surface area contributed by atoms with Gasteiger partial charge in [-0.25, -0.2) is 4.98 Å². The molecule has 144 valence electrons. The Balaban J connectivity index is 1.41. The zero-order chi connectivity index (χ0) is 19.1. The summed E-state index contributed by atoms with van der Waals surface area (Å²) in [6, 6.07) is 7.15. The Labute approximate surface area is 163 Å². The largest absolute Gasteiger partial charge is 0.493 e. The lowest BCUT2D eigenvalue weighted by Crippen LogP contribution is -2.26. The summed E-state index contributed by atoms with van der Waals surface area (Å²) in [5, 5.41) is 6.42. The van der Waals surface area contributed by atoms with Crippen molar-refractivity contribution in [2.75, 3.05) is 18.5 Å². The number of nitrogens with zero attached hydrogens (tertiary/aromatic N) is 1. The molecule has 3 rings (SSSR count). The Bertz CT molecular complexity index is 780. The Kier molecular flexibility index (Phi) is 6.81. The monoisotopic (exact) mass is 387 g/mol. The van der Waals surface area contributed by atoms with E-state index < -0.39 is 0 Å². The van der Waals surface area contributed by atoms with Crippen molar-refractivity contribution in [1.82, 2.24) is 10.3 Å². The summed E-state index contributed by atoms with van der Waals surface area (Å²) < 4.78 is 5.47. The minimum atomic E-state index is -0.188. The quantitative estimate of drug-likeness (QED) is 0.679. The number of hydrogen-bond donors (Lipinski definition) is 2. The van der Waals surface area contributed by atoms with Gasteiger partial charge >= 0.3 is 0 Å². The highest BCUT2D eigenvalue weighted by Crippen LogP contribution is 2.29. The molecule has 6 nitrogen and oxygen atoms in total. The molecule has 2 aromatic rings. The number of aromatic nitrogens is 1. The lowest BCUT2D eigenvalue weighted by atomic mass is 10.0. The Hall–Kier alpha value is -2.41. The maximum Gasteiger partial charge on any atom is 0.255 e. The average Bonchev–Trinajstić information content (AvgIpc) is 3.08. The van der Waals surface area contributed by atoms with Gasteiger partial charge in [-0.2, -0.15) is 0 Å². The van der Waals surface area contributed by atoms with Gasteiger partial charge in [-0.1, -0.05) is 12.1 Å². The van der Waals surface area contributed by atoms with Crippen molar-refractivity contribution in [1.29, 1.82) is 0 Å². The Morgan fingerprint density at radius 3 is 2.85 bits per heavy atom. The Morgan fingerprint density at radius 1 is 1.22 bits per heavy atom. The number of carbonyl (C=O) groups is 2. The predicted octanol–water partition coefficient (Wildman–Crippen LogP) is 3.57. The van der Waals surface area contributed by atoms with Crippen molar-refractivity contribution in [3.8, 4) is 5.75 Å². The summed E-state index contributed by atoms with van der Waals surface area (Å²) in [5.74, 6) is 0.320. The summed E-state index contributed by atoms with van der Waals surface area (Å²) in [5.41, 5.74) is 1.65. The van der Waals surface area contributed by atoms with E-state index >= 15 is 0 Å². The predicted molar refractivity (Wildman–Crippen MR) is 107 cm³/mol. The van der Waals surface area contributed by atoms with E-state index in [0.29, 0.717) is 42.4 Å². The fourth-order valence-electron chi connectivity index (χ4n) is 3.07. The van der Waals surface area contributed by atoms with E-state index in [1.807, 2.05) is 13.0 Å². The smallest absolute Gasteiger partial charge is 0.255 e. The second-order valence-corrected chi connectivity index (χ2v) is 7.52. The van der Waals surface area contributed by atoms with Gasteiger partial charge in [0.2, 0.25) is 5.91 Å². The molecule has 0 bridgehead atoms. The third-order valence-electron chi connectivity index (χ3n) is 4.39. The second-order valence-electron chi connectivity index (χ2n) is 6.43. The number of aryl methyl sites for hydroxylation is 2. The van der Waals surface area contributed by atoms with Gasteiger partial charge in [0.05, 0.1) is 17.9 Å². The van der Waals surface area contributed by atoms with Gasteiger partial charge in [-0.3, -0.25) is 9.59 Å². The number of rotatable bonds is 8. The van der Waals surface area contributed by atoms with E-state index in [0.717, 1.165) is 18.5 Å². The number of para-hydroxylation sites is 1. The molecule has 0 radical (unpaired) electrons. The molecule has 1 heterocycles. The molecule has 0 saturated heterocycles. The fourth-order valence-corrected chi connectivity index (χ4v) is 4.13. The van der Waals surface area contributed by atoms with Crippen LogP contribution in [-0.4, -0.2) is 29.9 Å². The Morgan fingerprint density at radius 2 is 2.04 bits per heavy atom. The summed E-state index contributed by atoms with van der Waals surface area (Å²) in [6.07, 6.45) is 5.37. The number of thiazole rings is 1. The van der Waals surface area contributed by atoms with Crippen molar-refractivity contribution in [3.05, 3.63) is 40.4 Å². The van der Waals surface area contributed by atoms with Crippen LogP contribution in [0.1, 0.15) is 53.5 Å². The number of anilines is 1. The van der Waals surface area contributed by atoms with Gasteiger partial charge < -0.3 is 15.4 Å². The van der Waals surface area contributed by atoms with Crippen LogP contribution in [0.15, 0.2) is 24.3 Å². The van der Waals surface area contributed by atoms with Gasteiger partial charge in [0.15, 0.2) is 5.13 Å². The molecule has 0 saturated carbocycles. The molecule has 0 aliphatic heterocycles. The summed E-state index contributed by atoms with van der Waals surface area (Å²) in [7, 11) is 0. The van der Waals surface area contributed by atoms with Crippen LogP contribution in [0.3, 0.4) is 0 Å². The van der Waals surface area contributed by atoms with Crippen molar-refractivity contribution in [2.45, 2.75) is 45.4 Å². The molecule has 0 spiro atoms. The number of carbonyl (C=O) groups excluding carboxylic acids is 2. The van der Waals surface area contributed by atoms with E-state index in [2.05, 4.69) is 15.6 Å². The van der Waals surface area contributed by atoms with Crippen molar-refractivity contribution in [2.24, 2.45) is 0 Å². The second kappa shape index (κ2) is 9.50. The molecule has 0 unspecified atom stereocenters. The molecule has 1 aliphatic rings. The van der Waals surface area contributed by atoms with Crippen LogP contribution in [0.4, 0.5) is 5.13 Å². The molecule has 27 heavy (non-hydrogen) atoms. The lowest BCUT2D eigenvalue weighted by molar-refractivity contribution is -0.116. The van der Waals surface area contributed by atoms with E-state index in [4.69, 9.17) is 4.74 Å². The lowest BCUT2D eigenvalue weighted by Gasteiger charge is -2.10. The highest BCUT2D eigenvalue weighted by Gasteiger charge is 2.16. The third-order valence-corrected chi connectivity index (χ3v) is 5.46. The first kappa shape index (κ1) is 19.4. The van der Waals surface area contributed by atoms with Crippen molar-refractivity contribution < 1.29 is 14.3 Å². The van der Waals surface area contributed by atoms with Crippen LogP contribution < -0.4 is 15.4 Å². The summed E-state index contributed by atoms with van der Waals surface area (Å²) in [4.78, 5) is 30.2. The average molecular weight is 388 g/mol. The minimum absolute atomic E-state index is 0.0648. The molecule has 1 aromatic heterocycles. The van der Waals surface area contributed by atoms with Crippen LogP contribution in [-0.2, 0) is 17.6 Å². The molecular weight excluding hydrogens is 362 g/mol. The zero-order valence-electron chi connectivity index (χ0n) is 15.5. The number of benzene rings is 1. The van der Waals surface area contributed by atoms with Crippen LogP contribution in [0.2, 0.25) is 0 Å². The highest BCUT2D eigenvalue weighted by atomic mass is 32.1. The van der Waals surface area contributed by atoms with E-state index in [9.17, 15) is 9.59 Å². The molecule has 7 heteroatoms. The maximum absolute atomic E-state index is 12.3. The SMILES string of the molecule is CCOc1ccccc1C(=O)NCCCC(=O)Nc1nc2c(s1)CCCC2. The summed E-state index contributed by atoms with van der Waals surface area (Å²) in [6.45, 7) is 2.82. The van der Waals surface area contributed by atoms with E-state index in [-0.39, 0.29) is 11.8 Å². The van der Waals surface area contributed by atoms with Gasteiger partial charge in [0.1, 0.15) is 5.75 Å². The van der Waals surface area contributed by atoms with Crippen LogP contribution >= 0.6 is 11.3 Å².